The molecule has 1 aromatic heterocycles. The van der Waals surface area contributed by atoms with Crippen molar-refractivity contribution < 1.29 is 23.6 Å². The summed E-state index contributed by atoms with van der Waals surface area (Å²) in [4.78, 5) is 21.2. The first-order valence-corrected chi connectivity index (χ1v) is 6.45. The number of carbonyl (C=O) groups is 1. The van der Waals surface area contributed by atoms with E-state index >= 15 is 0 Å². The summed E-state index contributed by atoms with van der Waals surface area (Å²) in [5, 5.41) is 23.4. The molecule has 0 spiro atoms. The quantitative estimate of drug-likeness (QED) is 0.653. The first-order chi connectivity index (χ1) is 9.90. The fraction of sp³-hybridized carbons (Fsp3) is 0.0833. The molecule has 2 N–H and O–H groups in total. The molecule has 0 unspecified atom stereocenters. The number of anilines is 1. The Morgan fingerprint density at radius 3 is 2.71 bits per heavy atom. The molecule has 1 heterocycles. The molecule has 0 amide bonds. The molecule has 0 fully saturated rings. The lowest BCUT2D eigenvalue weighted by Gasteiger charge is -2.07. The fourth-order valence-electron chi connectivity index (χ4n) is 1.62. The van der Waals surface area contributed by atoms with Gasteiger partial charge in [-0.15, -0.1) is 11.3 Å². The first kappa shape index (κ1) is 14.9. The number of halogens is 2. The van der Waals surface area contributed by atoms with Gasteiger partial charge in [-0.2, -0.15) is 0 Å². The Morgan fingerprint density at radius 1 is 1.43 bits per heavy atom. The lowest BCUT2D eigenvalue weighted by Crippen LogP contribution is -2.05. The van der Waals surface area contributed by atoms with Crippen molar-refractivity contribution in [1.29, 1.82) is 0 Å². The molecular weight excluding hydrogens is 306 g/mol. The Balaban J connectivity index is 2.24. The Hall–Kier alpha value is -2.55. The number of thiophene rings is 1. The van der Waals surface area contributed by atoms with Crippen molar-refractivity contribution in [3.8, 4) is 0 Å². The topological polar surface area (TPSA) is 92.5 Å². The average molecular weight is 314 g/mol. The number of carboxylic acids is 1. The number of benzene rings is 1. The predicted octanol–water partition coefficient (Wildman–Crippen LogP) is 3.24. The number of nitrogens with one attached hydrogen (secondary N) is 1. The number of hydrogen-bond donors (Lipinski definition) is 2. The van der Waals surface area contributed by atoms with E-state index in [0.29, 0.717) is 10.9 Å². The van der Waals surface area contributed by atoms with Gasteiger partial charge in [0.2, 0.25) is 0 Å². The van der Waals surface area contributed by atoms with Crippen LogP contribution in [0.1, 0.15) is 15.2 Å². The minimum Gasteiger partial charge on any atom is -0.478 e. The van der Waals surface area contributed by atoms with Gasteiger partial charge in [-0.3, -0.25) is 10.1 Å². The highest BCUT2D eigenvalue weighted by molar-refractivity contribution is 7.10. The molecule has 21 heavy (non-hydrogen) atoms. The zero-order valence-electron chi connectivity index (χ0n) is 10.3. The van der Waals surface area contributed by atoms with Crippen molar-refractivity contribution in [3.05, 3.63) is 55.8 Å². The van der Waals surface area contributed by atoms with Crippen LogP contribution in [0.25, 0.3) is 0 Å². The normalized spacial score (nSPS) is 10.4. The van der Waals surface area contributed by atoms with E-state index in [0.717, 1.165) is 17.4 Å². The van der Waals surface area contributed by atoms with E-state index in [1.54, 1.807) is 0 Å². The number of nitro benzene ring substituents is 1. The monoisotopic (exact) mass is 314 g/mol. The van der Waals surface area contributed by atoms with Gasteiger partial charge in [-0.1, -0.05) is 0 Å². The molecule has 0 saturated carbocycles. The maximum atomic E-state index is 13.6. The molecule has 1 aromatic carbocycles. The summed E-state index contributed by atoms with van der Waals surface area (Å²) in [5.41, 5.74) is -1.10. The second-order valence-corrected chi connectivity index (χ2v) is 4.97. The highest BCUT2D eigenvalue weighted by Crippen LogP contribution is 2.30. The molecule has 9 heteroatoms. The van der Waals surface area contributed by atoms with Gasteiger partial charge >= 0.3 is 5.97 Å². The van der Waals surface area contributed by atoms with Gasteiger partial charge in [0.25, 0.3) is 5.69 Å². The molecule has 2 rings (SSSR count). The van der Waals surface area contributed by atoms with Gasteiger partial charge in [-0.05, 0) is 12.1 Å². The Morgan fingerprint density at radius 2 is 2.14 bits per heavy atom. The van der Waals surface area contributed by atoms with Gasteiger partial charge < -0.3 is 10.4 Å². The molecule has 0 bridgehead atoms. The van der Waals surface area contributed by atoms with Crippen LogP contribution in [0.15, 0.2) is 23.6 Å². The predicted molar refractivity (Wildman–Crippen MR) is 71.6 cm³/mol. The lowest BCUT2D eigenvalue weighted by atomic mass is 10.2. The van der Waals surface area contributed by atoms with Crippen molar-refractivity contribution in [2.75, 3.05) is 5.32 Å². The summed E-state index contributed by atoms with van der Waals surface area (Å²) in [6, 6.07) is 2.88. The molecule has 0 aliphatic heterocycles. The summed E-state index contributed by atoms with van der Waals surface area (Å²) < 4.78 is 26.8. The van der Waals surface area contributed by atoms with E-state index in [1.165, 1.54) is 11.4 Å². The van der Waals surface area contributed by atoms with Gasteiger partial charge in [0.15, 0.2) is 17.3 Å². The van der Waals surface area contributed by atoms with Crippen LogP contribution in [0.2, 0.25) is 0 Å². The third-order valence-electron chi connectivity index (χ3n) is 2.61. The largest absolute Gasteiger partial charge is 0.478 e. The van der Waals surface area contributed by atoms with E-state index in [-0.39, 0.29) is 12.1 Å². The maximum absolute atomic E-state index is 13.6. The number of nitro groups is 1. The van der Waals surface area contributed by atoms with E-state index in [1.807, 2.05) is 0 Å². The third-order valence-corrected chi connectivity index (χ3v) is 3.55. The van der Waals surface area contributed by atoms with Crippen molar-refractivity contribution in [2.45, 2.75) is 6.54 Å². The van der Waals surface area contributed by atoms with Gasteiger partial charge in [-0.25, -0.2) is 13.6 Å². The molecule has 6 nitrogen and oxygen atoms in total. The molecule has 0 aliphatic rings. The molecule has 0 atom stereocenters. The summed E-state index contributed by atoms with van der Waals surface area (Å²) in [5.74, 6) is -3.67. The molecule has 0 saturated heterocycles. The van der Waals surface area contributed by atoms with Crippen molar-refractivity contribution in [2.24, 2.45) is 0 Å². The number of hydrogen-bond acceptors (Lipinski definition) is 5. The zero-order valence-corrected chi connectivity index (χ0v) is 11.1. The van der Waals surface area contributed by atoms with Crippen LogP contribution in [0, 0.1) is 21.7 Å². The zero-order chi connectivity index (χ0) is 15.6. The maximum Gasteiger partial charge on any atom is 0.336 e. The number of nitrogens with zero attached hydrogens (tertiary/aromatic N) is 1. The van der Waals surface area contributed by atoms with Crippen LogP contribution in [-0.4, -0.2) is 16.0 Å². The number of aromatic carboxylic acids is 1. The second-order valence-electron chi connectivity index (χ2n) is 3.97. The smallest absolute Gasteiger partial charge is 0.336 e. The summed E-state index contributed by atoms with van der Waals surface area (Å²) in [6.07, 6.45) is 0. The minimum absolute atomic E-state index is 0.0564. The molecule has 2 aromatic rings. The van der Waals surface area contributed by atoms with Crippen molar-refractivity contribution in [1.82, 2.24) is 0 Å². The van der Waals surface area contributed by atoms with E-state index in [4.69, 9.17) is 5.11 Å². The van der Waals surface area contributed by atoms with Crippen LogP contribution in [0.3, 0.4) is 0 Å². The van der Waals surface area contributed by atoms with Crippen LogP contribution in [0.5, 0.6) is 0 Å². The van der Waals surface area contributed by atoms with Crippen LogP contribution in [0.4, 0.5) is 20.2 Å². The molecule has 110 valence electrons. The average Bonchev–Trinajstić information content (AvgIpc) is 2.89. The fourth-order valence-corrected chi connectivity index (χ4v) is 2.42. The molecule has 0 radical (unpaired) electrons. The van der Waals surface area contributed by atoms with Gasteiger partial charge in [0.05, 0.1) is 10.5 Å². The number of rotatable bonds is 5. The van der Waals surface area contributed by atoms with Gasteiger partial charge in [0, 0.05) is 22.9 Å². The molecule has 0 aliphatic carbocycles. The molecular formula is C12H8F2N2O4S. The third kappa shape index (κ3) is 3.14. The van der Waals surface area contributed by atoms with Crippen molar-refractivity contribution in [3.63, 3.8) is 0 Å². The number of carboxylic acid groups (broad SMARTS) is 1. The summed E-state index contributed by atoms with van der Waals surface area (Å²) in [7, 11) is 0. The Labute approximate surface area is 120 Å². The van der Waals surface area contributed by atoms with Crippen LogP contribution in [-0.2, 0) is 6.54 Å². The van der Waals surface area contributed by atoms with E-state index in [9.17, 15) is 23.7 Å². The van der Waals surface area contributed by atoms with Gasteiger partial charge in [0.1, 0.15) is 0 Å². The SMILES string of the molecule is O=C(O)c1csc(CNc2c([N+](=O)[O-])ccc(F)c2F)c1. The Kier molecular flexibility index (Phi) is 4.13. The summed E-state index contributed by atoms with van der Waals surface area (Å²) in [6.45, 7) is -0.0564. The second kappa shape index (κ2) is 5.83. The highest BCUT2D eigenvalue weighted by atomic mass is 32.1. The Bertz CT molecular complexity index is 717. The van der Waals surface area contributed by atoms with Crippen molar-refractivity contribution >= 4 is 28.7 Å². The first-order valence-electron chi connectivity index (χ1n) is 5.57. The van der Waals surface area contributed by atoms with E-state index < -0.39 is 33.9 Å². The standard InChI is InChI=1S/C12H8F2N2O4S/c13-8-1-2-9(16(19)20)11(10(8)14)15-4-7-3-6(5-21-7)12(17)18/h1-3,5,15H,4H2,(H,17,18). The lowest BCUT2D eigenvalue weighted by molar-refractivity contribution is -0.384. The van der Waals surface area contributed by atoms with Crippen LogP contribution < -0.4 is 5.32 Å². The minimum atomic E-state index is -1.35. The highest BCUT2D eigenvalue weighted by Gasteiger charge is 2.21. The van der Waals surface area contributed by atoms with E-state index in [2.05, 4.69) is 5.32 Å². The van der Waals surface area contributed by atoms with Crippen LogP contribution >= 0.6 is 11.3 Å². The summed E-state index contributed by atoms with van der Waals surface area (Å²) >= 11 is 1.09.